The number of halogens is 8. The number of rotatable bonds is 12. The summed E-state index contributed by atoms with van der Waals surface area (Å²) >= 11 is 11.5. The quantitative estimate of drug-likeness (QED) is 0.0439. The van der Waals surface area contributed by atoms with Gasteiger partial charge in [-0.2, -0.15) is 46.4 Å². The molecule has 0 bridgehead atoms. The van der Waals surface area contributed by atoms with E-state index in [1.165, 1.54) is 32.2 Å². The molecule has 21 nitrogen and oxygen atoms in total. The van der Waals surface area contributed by atoms with E-state index >= 15 is 0 Å². The number of methoxy groups -OCH3 is 1. The SMILES string of the molecule is COc1nc(C)nc(NC(=O)NS(=O)(=O)c2ccccc2CCC(F)(F)F)n1.Nc1c([N+](=O)[O-])cnn1-c1c(Cl)cc(C(F)(F)F)cc1Cl.O=C(O)CNCP(=O)(O)O. The van der Waals surface area contributed by atoms with E-state index in [-0.39, 0.29) is 39.1 Å². The number of nitro groups is 1. The number of nitrogens with zero attached hydrogens (tertiary/aromatic N) is 6. The van der Waals surface area contributed by atoms with E-state index in [0.29, 0.717) is 12.1 Å². The molecule has 324 valence electrons. The highest BCUT2D eigenvalue weighted by Gasteiger charge is 2.33. The summed E-state index contributed by atoms with van der Waals surface area (Å²) in [4.78, 5) is 59.0. The van der Waals surface area contributed by atoms with E-state index in [1.54, 1.807) is 4.72 Å². The molecule has 8 N–H and O–H groups in total. The molecule has 0 fully saturated rings. The molecule has 31 heteroatoms. The highest BCUT2D eigenvalue weighted by Crippen LogP contribution is 2.39. The number of nitrogens with one attached hydrogen (secondary N) is 3. The summed E-state index contributed by atoms with van der Waals surface area (Å²) in [6.07, 6.45) is -10.6. The fourth-order valence-electron chi connectivity index (χ4n) is 4.07. The summed E-state index contributed by atoms with van der Waals surface area (Å²) in [6.45, 7) is 1.06. The lowest BCUT2D eigenvalue weighted by Crippen LogP contribution is -2.35. The van der Waals surface area contributed by atoms with Crippen molar-refractivity contribution in [3.63, 3.8) is 0 Å². The molecule has 0 aliphatic rings. The number of aromatic nitrogens is 5. The number of carboxylic acid groups (broad SMARTS) is 1. The van der Waals surface area contributed by atoms with Gasteiger partial charge in [0.2, 0.25) is 11.8 Å². The molecule has 4 rings (SSSR count). The van der Waals surface area contributed by atoms with Crippen LogP contribution in [0.1, 0.15) is 23.4 Å². The molecule has 0 atom stereocenters. The predicted octanol–water partition coefficient (Wildman–Crippen LogP) is 4.68. The Bertz CT molecular complexity index is 2290. The van der Waals surface area contributed by atoms with Gasteiger partial charge in [-0.25, -0.2) is 22.6 Å². The maximum atomic E-state index is 12.6. The van der Waals surface area contributed by atoms with Crippen LogP contribution < -0.4 is 25.8 Å². The zero-order valence-electron chi connectivity index (χ0n) is 29.6. The van der Waals surface area contributed by atoms with Crippen molar-refractivity contribution in [2.24, 2.45) is 0 Å². The van der Waals surface area contributed by atoms with Crippen LogP contribution in [0.25, 0.3) is 5.69 Å². The Balaban J connectivity index is 0.000000340. The zero-order chi connectivity index (χ0) is 45.1. The molecular formula is C28H29Cl2F6N10O11PS. The minimum Gasteiger partial charge on any atom is -0.480 e. The summed E-state index contributed by atoms with van der Waals surface area (Å²) in [7, 11) is -7.24. The number of alkyl halides is 6. The van der Waals surface area contributed by atoms with Crippen LogP contribution in [0.5, 0.6) is 6.01 Å². The molecule has 0 aliphatic heterocycles. The summed E-state index contributed by atoms with van der Waals surface area (Å²) in [6, 6.07) is 5.08. The van der Waals surface area contributed by atoms with Gasteiger partial charge in [-0.1, -0.05) is 41.4 Å². The third-order valence-corrected chi connectivity index (χ3v) is 9.08. The highest BCUT2D eigenvalue weighted by molar-refractivity contribution is 7.90. The number of carbonyl (C=O) groups is 2. The number of nitrogens with two attached hydrogens (primary N) is 1. The van der Waals surface area contributed by atoms with Crippen LogP contribution in [-0.2, 0) is 32.0 Å². The number of carbonyl (C=O) groups excluding carboxylic acids is 1. The number of anilines is 2. The Hall–Kier alpha value is -5.38. The number of ether oxygens (including phenoxy) is 1. The molecule has 0 aliphatic carbocycles. The molecule has 0 saturated heterocycles. The normalized spacial score (nSPS) is 11.7. The van der Waals surface area contributed by atoms with E-state index in [0.717, 1.165) is 16.9 Å². The van der Waals surface area contributed by atoms with Gasteiger partial charge in [0.25, 0.3) is 10.0 Å². The summed E-state index contributed by atoms with van der Waals surface area (Å²) in [5, 5.41) is 25.7. The minimum atomic E-state index is -4.63. The average Bonchev–Trinajstić information content (AvgIpc) is 3.46. The Morgan fingerprint density at radius 2 is 1.66 bits per heavy atom. The van der Waals surface area contributed by atoms with Crippen molar-refractivity contribution in [2.45, 2.75) is 37.0 Å². The third-order valence-electron chi connectivity index (χ3n) is 6.43. The zero-order valence-corrected chi connectivity index (χ0v) is 32.8. The van der Waals surface area contributed by atoms with Crippen LogP contribution in [0.15, 0.2) is 47.5 Å². The van der Waals surface area contributed by atoms with Crippen LogP contribution >= 0.6 is 30.8 Å². The molecule has 0 radical (unpaired) electrons. The standard InChI is InChI=1S/C15H16F3N5O4S.C10H5Cl2F3N4O2.C3H8NO5P/c1-9-19-12(22-14(20-9)27-2)21-13(24)23-28(25,26)11-6-4-3-5-10(11)7-8-15(16,17)18;11-5-1-4(10(13,14)15)2-6(12)8(5)18-9(16)7(3-17-18)19(20)21;5-3(6)1-4-2-10(7,8)9/h3-6H,7-8H2,1-2H3,(H2,19,20,21,22,23,24);1-3H,16H2;4H,1-2H2,(H,5,6)(H2,7,8,9). The molecule has 4 aromatic rings. The lowest BCUT2D eigenvalue weighted by atomic mass is 10.1. The van der Waals surface area contributed by atoms with Crippen LogP contribution in [-0.4, -0.2) is 91.1 Å². The second-order valence-electron chi connectivity index (χ2n) is 11.0. The first kappa shape index (κ1) is 49.8. The monoisotopic (exact) mass is 928 g/mol. The number of urea groups is 1. The number of aryl methyl sites for hydroxylation is 2. The number of hydrogen-bond donors (Lipinski definition) is 7. The lowest BCUT2D eigenvalue weighted by molar-refractivity contribution is -0.383. The number of nitrogen functional groups attached to an aromatic ring is 1. The van der Waals surface area contributed by atoms with E-state index in [1.807, 2.05) is 0 Å². The Morgan fingerprint density at radius 3 is 2.15 bits per heavy atom. The fourth-order valence-corrected chi connectivity index (χ4v) is 6.29. The van der Waals surface area contributed by atoms with Crippen LogP contribution in [0.2, 0.25) is 10.0 Å². The molecule has 2 aromatic carbocycles. The molecule has 0 saturated carbocycles. The van der Waals surface area contributed by atoms with E-state index in [4.69, 9.17) is 48.6 Å². The molecular weight excluding hydrogens is 900 g/mol. The van der Waals surface area contributed by atoms with Crippen molar-refractivity contribution in [1.82, 2.24) is 34.8 Å². The van der Waals surface area contributed by atoms with Gasteiger partial charge in [-0.05, 0) is 37.1 Å². The van der Waals surface area contributed by atoms with Crippen LogP contribution in [0.3, 0.4) is 0 Å². The Morgan fingerprint density at radius 1 is 1.07 bits per heavy atom. The van der Waals surface area contributed by atoms with Crippen molar-refractivity contribution in [2.75, 3.05) is 31.0 Å². The molecule has 2 amide bonds. The van der Waals surface area contributed by atoms with Crippen molar-refractivity contribution in [3.8, 4) is 11.7 Å². The van der Waals surface area contributed by atoms with Gasteiger partial charge in [-0.3, -0.25) is 30.1 Å². The van der Waals surface area contributed by atoms with Crippen molar-refractivity contribution in [3.05, 3.63) is 79.7 Å². The molecule has 2 heterocycles. The number of sulfonamides is 1. The first-order valence-corrected chi connectivity index (χ1v) is 19.3. The van der Waals surface area contributed by atoms with Crippen LogP contribution in [0, 0.1) is 17.0 Å². The van der Waals surface area contributed by atoms with Gasteiger partial charge >= 0.3 is 43.6 Å². The average molecular weight is 930 g/mol. The first-order chi connectivity index (χ1) is 27.0. The maximum absolute atomic E-state index is 12.6. The Labute approximate surface area is 337 Å². The Kier molecular flexibility index (Phi) is 17.3. The van der Waals surface area contributed by atoms with Crippen LogP contribution in [0.4, 0.5) is 48.6 Å². The highest BCUT2D eigenvalue weighted by atomic mass is 35.5. The maximum Gasteiger partial charge on any atom is 0.416 e. The predicted molar refractivity (Wildman–Crippen MR) is 193 cm³/mol. The van der Waals surface area contributed by atoms with Gasteiger partial charge < -0.3 is 25.4 Å². The van der Waals surface area contributed by atoms with E-state index < -0.39 is 94.5 Å². The number of carboxylic acids is 1. The number of amides is 2. The third kappa shape index (κ3) is 16.4. The summed E-state index contributed by atoms with van der Waals surface area (Å²) in [5.74, 6) is -1.60. The van der Waals surface area contributed by atoms with E-state index in [2.05, 4.69) is 30.7 Å². The van der Waals surface area contributed by atoms with Gasteiger partial charge in [-0.15, -0.1) is 0 Å². The van der Waals surface area contributed by atoms with Crippen molar-refractivity contribution < 1.29 is 73.5 Å². The molecule has 2 aromatic heterocycles. The summed E-state index contributed by atoms with van der Waals surface area (Å²) < 4.78 is 117. The number of aliphatic carboxylic acids is 1. The van der Waals surface area contributed by atoms with Gasteiger partial charge in [0, 0.05) is 6.42 Å². The van der Waals surface area contributed by atoms with Gasteiger partial charge in [0.05, 0.1) is 45.4 Å². The molecule has 0 spiro atoms. The smallest absolute Gasteiger partial charge is 0.416 e. The van der Waals surface area contributed by atoms with Gasteiger partial charge in [0.15, 0.2) is 0 Å². The lowest BCUT2D eigenvalue weighted by Gasteiger charge is -2.13. The first-order valence-electron chi connectivity index (χ1n) is 15.3. The minimum absolute atomic E-state index is 0.0715. The van der Waals surface area contributed by atoms with Crippen molar-refractivity contribution >= 4 is 70.3 Å². The number of benzene rings is 2. The topological polar surface area (TPSA) is 317 Å². The fraction of sp³-hybridized carbons (Fsp3) is 0.286. The second kappa shape index (κ2) is 20.5. The van der Waals surface area contributed by atoms with Crippen molar-refractivity contribution in [1.29, 1.82) is 0 Å². The van der Waals surface area contributed by atoms with E-state index in [9.17, 15) is 59.0 Å². The van der Waals surface area contributed by atoms with Gasteiger partial charge in [0.1, 0.15) is 17.7 Å². The largest absolute Gasteiger partial charge is 0.480 e. The number of hydrogen-bond acceptors (Lipinski definition) is 14. The second-order valence-corrected chi connectivity index (χ2v) is 15.1. The molecule has 0 unspecified atom stereocenters. The molecule has 59 heavy (non-hydrogen) atoms. The summed E-state index contributed by atoms with van der Waals surface area (Å²) in [5.41, 5.74) is 3.71.